The molecule has 0 amide bonds. The first kappa shape index (κ1) is 10.6. The van der Waals surface area contributed by atoms with Crippen molar-refractivity contribution in [3.63, 3.8) is 0 Å². The lowest BCUT2D eigenvalue weighted by atomic mass is 9.90. The number of rotatable bonds is 2. The highest BCUT2D eigenvalue weighted by Gasteiger charge is 2.17. The smallest absolute Gasteiger partial charge is 0.502 e. The summed E-state index contributed by atoms with van der Waals surface area (Å²) < 4.78 is 48.1. The number of halogens is 4. The molecule has 1 rings (SSSR count). The fraction of sp³-hybridized carbons (Fsp3) is 0. The van der Waals surface area contributed by atoms with Gasteiger partial charge in [0, 0.05) is 11.6 Å². The van der Waals surface area contributed by atoms with Crippen molar-refractivity contribution in [1.29, 1.82) is 0 Å². The van der Waals surface area contributed by atoms with Crippen LogP contribution in [0, 0.1) is 5.82 Å². The Labute approximate surface area is 77.7 Å². The summed E-state index contributed by atoms with van der Waals surface area (Å²) in [6, 6.07) is 2.94. The van der Waals surface area contributed by atoms with E-state index in [0.29, 0.717) is 6.08 Å². The summed E-state index contributed by atoms with van der Waals surface area (Å²) in [6.45, 7) is -5.06. The summed E-state index contributed by atoms with van der Waals surface area (Å²) in [4.78, 5) is 0. The van der Waals surface area contributed by atoms with E-state index in [-0.39, 0.29) is 17.3 Å². The fourth-order valence-electron chi connectivity index (χ4n) is 0.864. The molecular weight excluding hydrogens is 199 g/mol. The third-order valence-electron chi connectivity index (χ3n) is 1.48. The van der Waals surface area contributed by atoms with Crippen molar-refractivity contribution >= 4 is 13.1 Å². The molecule has 0 bridgehead atoms. The van der Waals surface area contributed by atoms with Gasteiger partial charge in [-0.2, -0.15) is 0 Å². The van der Waals surface area contributed by atoms with Gasteiger partial charge in [-0.1, -0.05) is 6.08 Å². The van der Waals surface area contributed by atoms with Crippen molar-refractivity contribution < 1.29 is 22.4 Å². The summed E-state index contributed by atoms with van der Waals surface area (Å²) in [5.41, 5.74) is -0.206. The normalized spacial score (nSPS) is 12.3. The second kappa shape index (κ2) is 3.73. The van der Waals surface area contributed by atoms with E-state index in [1.54, 1.807) is 0 Å². The predicted molar refractivity (Wildman–Crippen MR) is 46.2 cm³/mol. The molecule has 0 saturated heterocycles. The lowest BCUT2D eigenvalue weighted by molar-refractivity contribution is 0.469. The van der Waals surface area contributed by atoms with Crippen LogP contribution in [0.5, 0.6) is 5.75 Å². The van der Waals surface area contributed by atoms with Gasteiger partial charge >= 0.3 is 6.98 Å². The highest BCUT2D eigenvalue weighted by molar-refractivity contribution is 6.64. The maximum absolute atomic E-state index is 12.9. The van der Waals surface area contributed by atoms with Crippen LogP contribution in [-0.4, -0.2) is 12.1 Å². The van der Waals surface area contributed by atoms with E-state index in [1.807, 2.05) is 0 Å². The molecule has 6 heteroatoms. The lowest BCUT2D eigenvalue weighted by Gasteiger charge is -2.06. The molecule has 1 aromatic carbocycles. The second-order valence-corrected chi connectivity index (χ2v) is 2.69. The average molecular weight is 205 g/mol. The van der Waals surface area contributed by atoms with E-state index < -0.39 is 12.8 Å². The molecule has 1 nitrogen and oxygen atoms in total. The van der Waals surface area contributed by atoms with E-state index in [0.717, 1.165) is 18.2 Å². The molecule has 0 heterocycles. The first-order valence-electron chi connectivity index (χ1n) is 3.76. The second-order valence-electron chi connectivity index (χ2n) is 2.69. The monoisotopic (exact) mass is 205 g/mol. The Morgan fingerprint density at radius 2 is 1.86 bits per heavy atom. The van der Waals surface area contributed by atoms with Crippen molar-refractivity contribution in [2.24, 2.45) is 0 Å². The standard InChI is InChI=1S/C8H6BF4O/c10-8-5-7(14)2-1-6(8)3-4-9(11,12)13/h1-5,14H/q-1/b4-3+. The molecular formula is C8H6BF4O-. The van der Waals surface area contributed by atoms with Gasteiger partial charge in [0.25, 0.3) is 0 Å². The SMILES string of the molecule is Oc1ccc(/C=C/[B-](F)(F)F)c(F)c1. The molecule has 0 spiro atoms. The molecule has 14 heavy (non-hydrogen) atoms. The zero-order valence-electron chi connectivity index (χ0n) is 6.92. The third-order valence-corrected chi connectivity index (χ3v) is 1.48. The molecule has 0 fully saturated rings. The van der Waals surface area contributed by atoms with Crippen LogP contribution in [0.3, 0.4) is 0 Å². The van der Waals surface area contributed by atoms with Crippen molar-refractivity contribution in [1.82, 2.24) is 0 Å². The van der Waals surface area contributed by atoms with Gasteiger partial charge in [0.2, 0.25) is 0 Å². The van der Waals surface area contributed by atoms with E-state index in [4.69, 9.17) is 5.11 Å². The first-order chi connectivity index (χ1) is 6.38. The van der Waals surface area contributed by atoms with Gasteiger partial charge in [-0.25, -0.2) is 4.39 Å². The minimum Gasteiger partial charge on any atom is -0.508 e. The van der Waals surface area contributed by atoms with Gasteiger partial charge < -0.3 is 18.1 Å². The molecule has 0 radical (unpaired) electrons. The topological polar surface area (TPSA) is 20.2 Å². The maximum Gasteiger partial charge on any atom is 0.502 e. The quantitative estimate of drug-likeness (QED) is 0.581. The van der Waals surface area contributed by atoms with E-state index >= 15 is 0 Å². The molecule has 1 N–H and O–H groups in total. The van der Waals surface area contributed by atoms with Gasteiger partial charge in [-0.3, -0.25) is 0 Å². The van der Waals surface area contributed by atoms with E-state index in [1.165, 1.54) is 0 Å². The van der Waals surface area contributed by atoms with Crippen molar-refractivity contribution in [2.75, 3.05) is 0 Å². The summed E-state index contributed by atoms with van der Waals surface area (Å²) in [7, 11) is 0. The Kier molecular flexibility index (Phi) is 2.83. The number of benzene rings is 1. The zero-order chi connectivity index (χ0) is 10.8. The largest absolute Gasteiger partial charge is 0.508 e. The molecule has 0 aromatic heterocycles. The molecule has 1 aromatic rings. The van der Waals surface area contributed by atoms with Crippen molar-refractivity contribution in [2.45, 2.75) is 0 Å². The van der Waals surface area contributed by atoms with Crippen LogP contribution in [-0.2, 0) is 0 Å². The van der Waals surface area contributed by atoms with Crippen LogP contribution in [0.2, 0.25) is 0 Å². The third kappa shape index (κ3) is 3.12. The Balaban J connectivity index is 2.93. The van der Waals surface area contributed by atoms with E-state index in [9.17, 15) is 17.3 Å². The predicted octanol–water partition coefficient (Wildman–Crippen LogP) is 2.93. The van der Waals surface area contributed by atoms with Crippen LogP contribution in [0.25, 0.3) is 6.08 Å². The first-order valence-corrected chi connectivity index (χ1v) is 3.76. The van der Waals surface area contributed by atoms with Crippen LogP contribution >= 0.6 is 0 Å². The lowest BCUT2D eigenvalue weighted by Crippen LogP contribution is -2.09. The number of hydrogen-bond acceptors (Lipinski definition) is 1. The number of phenolic OH excluding ortho intramolecular Hbond substituents is 1. The van der Waals surface area contributed by atoms with Crippen LogP contribution in [0.4, 0.5) is 17.3 Å². The summed E-state index contributed by atoms with van der Waals surface area (Å²) in [6.07, 6.45) is 0.634. The number of hydrogen-bond donors (Lipinski definition) is 1. The Morgan fingerprint density at radius 3 is 2.36 bits per heavy atom. The molecule has 0 saturated carbocycles. The molecule has 76 valence electrons. The Hall–Kier alpha value is -1.46. The number of phenols is 1. The van der Waals surface area contributed by atoms with Gasteiger partial charge in [0.05, 0.1) is 0 Å². The number of aromatic hydroxyl groups is 1. The highest BCUT2D eigenvalue weighted by atomic mass is 19.4. The van der Waals surface area contributed by atoms with Gasteiger partial charge in [-0.15, -0.1) is 5.98 Å². The maximum atomic E-state index is 12.9. The molecule has 0 aliphatic rings. The molecule has 0 aliphatic heterocycles. The highest BCUT2D eigenvalue weighted by Crippen LogP contribution is 2.18. The van der Waals surface area contributed by atoms with Gasteiger partial charge in [-0.05, 0) is 12.1 Å². The van der Waals surface area contributed by atoms with Gasteiger partial charge in [0.15, 0.2) is 0 Å². The average Bonchev–Trinajstić information content (AvgIpc) is 2.00. The van der Waals surface area contributed by atoms with E-state index in [2.05, 4.69) is 0 Å². The summed E-state index contributed by atoms with van der Waals surface area (Å²) in [5.74, 6) is -1.21. The van der Waals surface area contributed by atoms with Crippen molar-refractivity contribution in [3.8, 4) is 5.75 Å². The van der Waals surface area contributed by atoms with Crippen LogP contribution in [0.1, 0.15) is 5.56 Å². The molecule has 0 atom stereocenters. The summed E-state index contributed by atoms with van der Waals surface area (Å²) >= 11 is 0. The van der Waals surface area contributed by atoms with Crippen LogP contribution in [0.15, 0.2) is 24.2 Å². The summed E-state index contributed by atoms with van der Waals surface area (Å²) in [5, 5.41) is 8.78. The molecule has 0 unspecified atom stereocenters. The van der Waals surface area contributed by atoms with Gasteiger partial charge in [0.1, 0.15) is 11.6 Å². The minimum atomic E-state index is -5.06. The Bertz CT molecular complexity index is 359. The minimum absolute atomic E-state index is 0.00450. The Morgan fingerprint density at radius 1 is 1.21 bits per heavy atom. The zero-order valence-corrected chi connectivity index (χ0v) is 6.92. The molecule has 0 aliphatic carbocycles. The van der Waals surface area contributed by atoms with Crippen LogP contribution < -0.4 is 0 Å². The van der Waals surface area contributed by atoms with Crippen molar-refractivity contribution in [3.05, 3.63) is 35.6 Å². The fourth-order valence-corrected chi connectivity index (χ4v) is 0.864.